The quantitative estimate of drug-likeness (QED) is 0.301. The minimum atomic E-state index is -0.0259. The van der Waals surface area contributed by atoms with Gasteiger partial charge in [0.25, 0.3) is 0 Å². The number of oxime groups is 1. The molecule has 0 bridgehead atoms. The van der Waals surface area contributed by atoms with Gasteiger partial charge in [0.15, 0.2) is 5.84 Å². The summed E-state index contributed by atoms with van der Waals surface area (Å²) in [7, 11) is 1.55. The molecule has 1 heterocycles. The molecule has 0 fully saturated rings. The molecule has 0 aliphatic rings. The monoisotopic (exact) mass is 181 g/mol. The number of hydrogen-bond donors (Lipinski definition) is 2. The zero-order valence-electron chi connectivity index (χ0n) is 7.48. The van der Waals surface area contributed by atoms with Gasteiger partial charge in [-0.05, 0) is 6.92 Å². The van der Waals surface area contributed by atoms with Crippen LogP contribution in [0.3, 0.4) is 0 Å². The Morgan fingerprint density at radius 1 is 1.62 bits per heavy atom. The van der Waals surface area contributed by atoms with Crippen molar-refractivity contribution in [1.82, 2.24) is 4.98 Å². The fourth-order valence-corrected chi connectivity index (χ4v) is 0.937. The van der Waals surface area contributed by atoms with Gasteiger partial charge in [-0.3, -0.25) is 0 Å². The predicted molar refractivity (Wildman–Crippen MR) is 48.0 cm³/mol. The molecule has 0 radical (unpaired) electrons. The molecule has 1 rings (SSSR count). The van der Waals surface area contributed by atoms with E-state index in [0.29, 0.717) is 11.4 Å². The van der Waals surface area contributed by atoms with E-state index in [1.54, 1.807) is 26.2 Å². The Hall–Kier alpha value is -1.78. The van der Waals surface area contributed by atoms with Crippen LogP contribution < -0.4 is 10.5 Å². The summed E-state index contributed by atoms with van der Waals surface area (Å²) in [5, 5.41) is 11.3. The predicted octanol–water partition coefficient (Wildman–Crippen LogP) is 0.493. The number of aryl methyl sites for hydroxylation is 1. The molecule has 0 unspecified atom stereocenters. The average Bonchev–Trinajstić information content (AvgIpc) is 2.15. The lowest BCUT2D eigenvalue weighted by atomic mass is 10.3. The lowest BCUT2D eigenvalue weighted by Gasteiger charge is -2.03. The minimum absolute atomic E-state index is 0.0259. The number of aromatic nitrogens is 1. The van der Waals surface area contributed by atoms with E-state index in [1.165, 1.54) is 0 Å². The van der Waals surface area contributed by atoms with Gasteiger partial charge in [-0.15, -0.1) is 0 Å². The first-order chi connectivity index (χ1) is 6.17. The second-order valence-electron chi connectivity index (χ2n) is 2.52. The largest absolute Gasteiger partial charge is 0.497 e. The summed E-state index contributed by atoms with van der Waals surface area (Å²) in [6, 6.07) is 3.36. The molecule has 0 amide bonds. The van der Waals surface area contributed by atoms with Crippen molar-refractivity contribution in [1.29, 1.82) is 0 Å². The third kappa shape index (κ3) is 2.08. The highest BCUT2D eigenvalue weighted by Gasteiger charge is 2.04. The van der Waals surface area contributed by atoms with E-state index in [0.717, 1.165) is 5.69 Å². The molecule has 0 spiro atoms. The second-order valence-corrected chi connectivity index (χ2v) is 2.52. The molecule has 3 N–H and O–H groups in total. The van der Waals surface area contributed by atoms with E-state index in [4.69, 9.17) is 15.7 Å². The molecule has 0 saturated heterocycles. The number of nitrogens with two attached hydrogens (primary N) is 1. The highest BCUT2D eigenvalue weighted by Crippen LogP contribution is 2.12. The van der Waals surface area contributed by atoms with Crippen molar-refractivity contribution >= 4 is 5.84 Å². The molecule has 0 aliphatic heterocycles. The normalized spacial score (nSPS) is 11.4. The Balaban J connectivity index is 3.16. The van der Waals surface area contributed by atoms with Gasteiger partial charge in [-0.1, -0.05) is 5.16 Å². The smallest absolute Gasteiger partial charge is 0.188 e. The maximum absolute atomic E-state index is 8.42. The lowest BCUT2D eigenvalue weighted by Crippen LogP contribution is -2.15. The summed E-state index contributed by atoms with van der Waals surface area (Å²) >= 11 is 0. The van der Waals surface area contributed by atoms with E-state index in [-0.39, 0.29) is 5.84 Å². The lowest BCUT2D eigenvalue weighted by molar-refractivity contribution is 0.318. The van der Waals surface area contributed by atoms with Crippen molar-refractivity contribution in [3.05, 3.63) is 23.5 Å². The Kier molecular flexibility index (Phi) is 2.69. The zero-order chi connectivity index (χ0) is 9.84. The zero-order valence-corrected chi connectivity index (χ0v) is 7.48. The van der Waals surface area contributed by atoms with Crippen LogP contribution in [0.15, 0.2) is 17.3 Å². The summed E-state index contributed by atoms with van der Waals surface area (Å²) in [6.07, 6.45) is 0. The van der Waals surface area contributed by atoms with Crippen LogP contribution in [0.5, 0.6) is 5.75 Å². The molecule has 0 aromatic carbocycles. The highest BCUT2D eigenvalue weighted by atomic mass is 16.5. The molecule has 0 saturated carbocycles. The minimum Gasteiger partial charge on any atom is -0.497 e. The molecule has 0 aliphatic carbocycles. The molecular weight excluding hydrogens is 170 g/mol. The molecule has 0 atom stereocenters. The first-order valence-electron chi connectivity index (χ1n) is 3.68. The summed E-state index contributed by atoms with van der Waals surface area (Å²) in [4.78, 5) is 4.06. The average molecular weight is 181 g/mol. The SMILES string of the molecule is COc1cc(C)nc(/C(N)=N/O)c1. The first-order valence-corrected chi connectivity index (χ1v) is 3.68. The van der Waals surface area contributed by atoms with Crippen LogP contribution in [0.1, 0.15) is 11.4 Å². The fraction of sp³-hybridized carbons (Fsp3) is 0.250. The van der Waals surface area contributed by atoms with Crippen LogP contribution in [0.4, 0.5) is 0 Å². The van der Waals surface area contributed by atoms with Crippen LogP contribution in [-0.2, 0) is 0 Å². The van der Waals surface area contributed by atoms with Crippen LogP contribution >= 0.6 is 0 Å². The van der Waals surface area contributed by atoms with Gasteiger partial charge in [-0.2, -0.15) is 0 Å². The molecule has 5 nitrogen and oxygen atoms in total. The van der Waals surface area contributed by atoms with Crippen molar-refractivity contribution in [2.24, 2.45) is 10.9 Å². The Morgan fingerprint density at radius 2 is 2.31 bits per heavy atom. The maximum atomic E-state index is 8.42. The Bertz CT molecular complexity index is 336. The molecule has 70 valence electrons. The van der Waals surface area contributed by atoms with Crippen molar-refractivity contribution < 1.29 is 9.94 Å². The molecule has 5 heteroatoms. The number of nitrogens with zero attached hydrogens (tertiary/aromatic N) is 2. The first kappa shape index (κ1) is 9.31. The van der Waals surface area contributed by atoms with Crippen molar-refractivity contribution in [2.45, 2.75) is 6.92 Å². The third-order valence-electron chi connectivity index (χ3n) is 1.53. The summed E-state index contributed by atoms with van der Waals surface area (Å²) in [6.45, 7) is 1.80. The van der Waals surface area contributed by atoms with Crippen LogP contribution in [0.25, 0.3) is 0 Å². The van der Waals surface area contributed by atoms with Crippen molar-refractivity contribution in [3.8, 4) is 5.75 Å². The number of amidine groups is 1. The number of ether oxygens (including phenoxy) is 1. The summed E-state index contributed by atoms with van der Waals surface area (Å²) < 4.78 is 5.00. The van der Waals surface area contributed by atoms with Gasteiger partial charge in [0.2, 0.25) is 0 Å². The van der Waals surface area contributed by atoms with E-state index in [2.05, 4.69) is 10.1 Å². The maximum Gasteiger partial charge on any atom is 0.188 e. The van der Waals surface area contributed by atoms with Gasteiger partial charge < -0.3 is 15.7 Å². The van der Waals surface area contributed by atoms with Gasteiger partial charge in [0.1, 0.15) is 11.4 Å². The Morgan fingerprint density at radius 3 is 2.85 bits per heavy atom. The number of hydrogen-bond acceptors (Lipinski definition) is 4. The fourth-order valence-electron chi connectivity index (χ4n) is 0.937. The summed E-state index contributed by atoms with van der Waals surface area (Å²) in [5.74, 6) is 0.608. The molecular formula is C8H11N3O2. The van der Waals surface area contributed by atoms with Gasteiger partial charge in [-0.25, -0.2) is 4.98 Å². The summed E-state index contributed by atoms with van der Waals surface area (Å²) in [5.41, 5.74) is 6.52. The number of methoxy groups -OCH3 is 1. The highest BCUT2D eigenvalue weighted by molar-refractivity contribution is 5.95. The van der Waals surface area contributed by atoms with Crippen LogP contribution in [0.2, 0.25) is 0 Å². The molecule has 13 heavy (non-hydrogen) atoms. The van der Waals surface area contributed by atoms with Crippen molar-refractivity contribution in [2.75, 3.05) is 7.11 Å². The topological polar surface area (TPSA) is 80.7 Å². The molecule has 1 aromatic heterocycles. The van der Waals surface area contributed by atoms with Gasteiger partial charge in [0.05, 0.1) is 7.11 Å². The molecule has 1 aromatic rings. The second kappa shape index (κ2) is 3.75. The van der Waals surface area contributed by atoms with E-state index in [9.17, 15) is 0 Å². The van der Waals surface area contributed by atoms with E-state index in [1.807, 2.05) is 0 Å². The Labute approximate surface area is 75.8 Å². The standard InChI is InChI=1S/C8H11N3O2/c1-5-3-6(13-2)4-7(10-5)8(9)11-12/h3-4,12H,1-2H3,(H2,9,11). The number of pyridine rings is 1. The van der Waals surface area contributed by atoms with Crippen LogP contribution in [-0.4, -0.2) is 23.1 Å². The van der Waals surface area contributed by atoms with Crippen molar-refractivity contribution in [3.63, 3.8) is 0 Å². The van der Waals surface area contributed by atoms with Gasteiger partial charge in [0, 0.05) is 17.8 Å². The van der Waals surface area contributed by atoms with E-state index >= 15 is 0 Å². The van der Waals surface area contributed by atoms with Crippen LogP contribution in [0, 0.1) is 6.92 Å². The van der Waals surface area contributed by atoms with E-state index < -0.39 is 0 Å². The third-order valence-corrected chi connectivity index (χ3v) is 1.53. The van der Waals surface area contributed by atoms with Gasteiger partial charge >= 0.3 is 0 Å². The number of rotatable bonds is 2.